The molecule has 1 aliphatic rings. The van der Waals surface area contributed by atoms with E-state index in [4.69, 9.17) is 9.57 Å². The molecule has 6 heteroatoms. The number of aliphatic hydroxyl groups is 1. The molecule has 0 bridgehead atoms. The van der Waals surface area contributed by atoms with Crippen LogP contribution in [0.3, 0.4) is 0 Å². The average molecular weight is 338 g/mol. The highest BCUT2D eigenvalue weighted by molar-refractivity contribution is 6.01. The van der Waals surface area contributed by atoms with Gasteiger partial charge in [0.25, 0.3) is 0 Å². The van der Waals surface area contributed by atoms with Crippen LogP contribution in [0.5, 0.6) is 0 Å². The van der Waals surface area contributed by atoms with E-state index in [1.54, 1.807) is 12.1 Å². The molecular weight excluding hydrogens is 311 g/mol. The van der Waals surface area contributed by atoms with Gasteiger partial charge in [0.05, 0.1) is 18.4 Å². The van der Waals surface area contributed by atoms with Crippen molar-refractivity contribution in [3.63, 3.8) is 0 Å². The van der Waals surface area contributed by atoms with Crippen molar-refractivity contribution >= 4 is 5.71 Å². The molecule has 0 aromatic heterocycles. The number of rotatable bonds is 9. The number of aliphatic hydroxyl groups excluding tert-OH is 1. The predicted molar refractivity (Wildman–Crippen MR) is 91.6 cm³/mol. The maximum atomic E-state index is 13.0. The third-order valence-corrected chi connectivity index (χ3v) is 3.71. The van der Waals surface area contributed by atoms with Crippen LogP contribution >= 0.6 is 0 Å². The molecule has 134 valence electrons. The topological polar surface area (TPSA) is 54.3 Å². The quantitative estimate of drug-likeness (QED) is 0.751. The first-order chi connectivity index (χ1) is 11.4. The summed E-state index contributed by atoms with van der Waals surface area (Å²) >= 11 is 0. The lowest BCUT2D eigenvalue weighted by Crippen LogP contribution is -2.37. The molecule has 0 spiro atoms. The molecule has 24 heavy (non-hydrogen) atoms. The van der Waals surface area contributed by atoms with E-state index in [0.29, 0.717) is 38.6 Å². The van der Waals surface area contributed by atoms with E-state index in [0.717, 1.165) is 11.3 Å². The van der Waals surface area contributed by atoms with Gasteiger partial charge in [-0.3, -0.25) is 4.90 Å². The lowest BCUT2D eigenvalue weighted by Gasteiger charge is -2.22. The number of ether oxygens (including phenoxy) is 1. The molecule has 1 aliphatic heterocycles. The van der Waals surface area contributed by atoms with Crippen molar-refractivity contribution in [2.45, 2.75) is 32.5 Å². The Hall–Kier alpha value is -1.50. The zero-order chi connectivity index (χ0) is 17.5. The van der Waals surface area contributed by atoms with Crippen LogP contribution in [-0.2, 0) is 9.57 Å². The van der Waals surface area contributed by atoms with Gasteiger partial charge in [-0.05, 0) is 30.7 Å². The van der Waals surface area contributed by atoms with Crippen LogP contribution in [0.15, 0.2) is 29.4 Å². The van der Waals surface area contributed by atoms with Gasteiger partial charge in [0, 0.05) is 26.1 Å². The molecule has 0 amide bonds. The maximum Gasteiger partial charge on any atom is 0.145 e. The number of nitrogens with zero attached hydrogens (tertiary/aromatic N) is 2. The molecule has 1 N–H and O–H groups in total. The molecule has 0 aliphatic carbocycles. The monoisotopic (exact) mass is 338 g/mol. The summed E-state index contributed by atoms with van der Waals surface area (Å²) in [5, 5.41) is 14.1. The van der Waals surface area contributed by atoms with Crippen LogP contribution in [0.25, 0.3) is 0 Å². The van der Waals surface area contributed by atoms with E-state index in [9.17, 15) is 9.50 Å². The van der Waals surface area contributed by atoms with Gasteiger partial charge in [-0.2, -0.15) is 0 Å². The standard InChI is InChI=1S/C18H27FN2O3/c1-13(2)11-23-12-16(22)9-21(3)10-17-8-18(20-24-17)14-4-6-15(19)7-5-14/h4-7,13,16-17,22H,8-12H2,1-3H3/t16-,17+/m0/s1. The molecule has 1 aromatic rings. The summed E-state index contributed by atoms with van der Waals surface area (Å²) < 4.78 is 18.4. The first kappa shape index (κ1) is 18.8. The number of likely N-dealkylation sites (N-methyl/N-ethyl adjacent to an activating group) is 1. The Bertz CT molecular complexity index is 534. The Balaban J connectivity index is 1.70. The van der Waals surface area contributed by atoms with Gasteiger partial charge in [0.2, 0.25) is 0 Å². The van der Waals surface area contributed by atoms with Gasteiger partial charge in [0.15, 0.2) is 0 Å². The highest BCUT2D eigenvalue weighted by atomic mass is 19.1. The molecule has 1 aromatic carbocycles. The maximum absolute atomic E-state index is 13.0. The van der Waals surface area contributed by atoms with E-state index >= 15 is 0 Å². The number of hydrogen-bond acceptors (Lipinski definition) is 5. The van der Waals surface area contributed by atoms with E-state index in [1.165, 1.54) is 12.1 Å². The Kier molecular flexibility index (Phi) is 7.15. The van der Waals surface area contributed by atoms with Crippen molar-refractivity contribution in [3.05, 3.63) is 35.6 Å². The van der Waals surface area contributed by atoms with Gasteiger partial charge >= 0.3 is 0 Å². The molecule has 2 atom stereocenters. The van der Waals surface area contributed by atoms with Crippen LogP contribution in [0, 0.1) is 11.7 Å². The first-order valence-electron chi connectivity index (χ1n) is 8.37. The zero-order valence-corrected chi connectivity index (χ0v) is 14.6. The van der Waals surface area contributed by atoms with Gasteiger partial charge in [-0.15, -0.1) is 0 Å². The Morgan fingerprint density at radius 1 is 1.33 bits per heavy atom. The number of halogens is 1. The zero-order valence-electron chi connectivity index (χ0n) is 14.6. The van der Waals surface area contributed by atoms with Crippen LogP contribution in [-0.4, -0.2) is 61.3 Å². The minimum Gasteiger partial charge on any atom is -0.390 e. The van der Waals surface area contributed by atoms with E-state index in [1.807, 2.05) is 11.9 Å². The van der Waals surface area contributed by atoms with E-state index < -0.39 is 6.10 Å². The Morgan fingerprint density at radius 3 is 2.71 bits per heavy atom. The van der Waals surface area contributed by atoms with Gasteiger partial charge in [-0.1, -0.05) is 31.1 Å². The first-order valence-corrected chi connectivity index (χ1v) is 8.37. The fraction of sp³-hybridized carbons (Fsp3) is 0.611. The summed E-state index contributed by atoms with van der Waals surface area (Å²) in [5.41, 5.74) is 1.71. The molecule has 5 nitrogen and oxygen atoms in total. The van der Waals surface area contributed by atoms with Crippen molar-refractivity contribution in [3.8, 4) is 0 Å². The average Bonchev–Trinajstić information content (AvgIpc) is 2.95. The third kappa shape index (κ3) is 6.19. The lowest BCUT2D eigenvalue weighted by molar-refractivity contribution is 0.000361. The summed E-state index contributed by atoms with van der Waals surface area (Å²) in [7, 11) is 1.94. The highest BCUT2D eigenvalue weighted by Gasteiger charge is 2.24. The second kappa shape index (κ2) is 9.11. The summed E-state index contributed by atoms with van der Waals surface area (Å²) in [5.74, 6) is 0.201. The fourth-order valence-electron chi connectivity index (χ4n) is 2.61. The Morgan fingerprint density at radius 2 is 2.04 bits per heavy atom. The van der Waals surface area contributed by atoms with Crippen molar-refractivity contribution < 1.29 is 19.1 Å². The predicted octanol–water partition coefficient (Wildman–Crippen LogP) is 2.28. The largest absolute Gasteiger partial charge is 0.390 e. The van der Waals surface area contributed by atoms with Gasteiger partial charge < -0.3 is 14.7 Å². The smallest absolute Gasteiger partial charge is 0.145 e. The minimum atomic E-state index is -0.521. The van der Waals surface area contributed by atoms with Crippen molar-refractivity contribution in [1.29, 1.82) is 0 Å². The van der Waals surface area contributed by atoms with Crippen molar-refractivity contribution in [2.75, 3.05) is 33.4 Å². The number of benzene rings is 1. The lowest BCUT2D eigenvalue weighted by atomic mass is 10.0. The van der Waals surface area contributed by atoms with Gasteiger partial charge in [-0.25, -0.2) is 4.39 Å². The molecule has 0 radical (unpaired) electrons. The molecular formula is C18H27FN2O3. The molecule has 0 fully saturated rings. The van der Waals surface area contributed by atoms with Crippen LogP contribution in [0.4, 0.5) is 4.39 Å². The normalized spacial score (nSPS) is 18.8. The van der Waals surface area contributed by atoms with Crippen molar-refractivity contribution in [2.24, 2.45) is 11.1 Å². The molecule has 0 saturated carbocycles. The number of oxime groups is 1. The summed E-state index contributed by atoms with van der Waals surface area (Å²) in [4.78, 5) is 7.47. The summed E-state index contributed by atoms with van der Waals surface area (Å²) in [6.45, 7) is 6.33. The van der Waals surface area contributed by atoms with E-state index in [-0.39, 0.29) is 11.9 Å². The third-order valence-electron chi connectivity index (χ3n) is 3.71. The van der Waals surface area contributed by atoms with E-state index in [2.05, 4.69) is 19.0 Å². The van der Waals surface area contributed by atoms with Crippen LogP contribution in [0.2, 0.25) is 0 Å². The molecule has 0 saturated heterocycles. The SMILES string of the molecule is CC(C)COC[C@@H](O)CN(C)C[C@H]1CC(c2ccc(F)cc2)=NO1. The molecule has 1 heterocycles. The van der Waals surface area contributed by atoms with Gasteiger partial charge in [0.1, 0.15) is 11.9 Å². The second-order valence-electron chi connectivity index (χ2n) is 6.78. The highest BCUT2D eigenvalue weighted by Crippen LogP contribution is 2.17. The fourth-order valence-corrected chi connectivity index (χ4v) is 2.61. The summed E-state index contributed by atoms with van der Waals surface area (Å²) in [6, 6.07) is 6.26. The van der Waals surface area contributed by atoms with Crippen molar-refractivity contribution in [1.82, 2.24) is 4.90 Å². The number of hydrogen-bond donors (Lipinski definition) is 1. The van der Waals surface area contributed by atoms with Crippen LogP contribution in [0.1, 0.15) is 25.8 Å². The summed E-state index contributed by atoms with van der Waals surface area (Å²) in [6.07, 6.45) is 0.0992. The van der Waals surface area contributed by atoms with Crippen LogP contribution < -0.4 is 0 Å². The minimum absolute atomic E-state index is 0.0566. The molecule has 0 unspecified atom stereocenters. The Labute approximate surface area is 143 Å². The second-order valence-corrected chi connectivity index (χ2v) is 6.78. The molecule has 2 rings (SSSR count).